The van der Waals surface area contributed by atoms with Crippen molar-refractivity contribution in [2.45, 2.75) is 58.8 Å². The molecule has 1 fully saturated rings. The smallest absolute Gasteiger partial charge is 0.337 e. The fourth-order valence-electron chi connectivity index (χ4n) is 3.68. The number of aliphatic hydroxyl groups excluding tert-OH is 2. The zero-order chi connectivity index (χ0) is 24.7. The van der Waals surface area contributed by atoms with E-state index in [9.17, 15) is 24.6 Å². The topological polar surface area (TPSA) is 119 Å². The van der Waals surface area contributed by atoms with Crippen molar-refractivity contribution >= 4 is 17.9 Å². The molecule has 0 aromatic rings. The number of esters is 3. The molecule has 4 atom stereocenters. The van der Waals surface area contributed by atoms with Gasteiger partial charge in [0.15, 0.2) is 0 Å². The number of aliphatic hydroxyl groups is 2. The first-order chi connectivity index (χ1) is 15.6. The molecule has 2 N–H and O–H groups in total. The Kier molecular flexibility index (Phi) is 9.37. The summed E-state index contributed by atoms with van der Waals surface area (Å²) >= 11 is 0. The largest absolute Gasteiger partial charge is 0.458 e. The van der Waals surface area contributed by atoms with Crippen LogP contribution in [0.1, 0.15) is 40.5 Å². The van der Waals surface area contributed by atoms with Crippen LogP contribution in [-0.4, -0.2) is 59.6 Å². The highest BCUT2D eigenvalue weighted by atomic mass is 16.6. The van der Waals surface area contributed by atoms with Crippen LogP contribution in [-0.2, 0) is 28.6 Å². The first-order valence-electron chi connectivity index (χ1n) is 10.8. The van der Waals surface area contributed by atoms with Crippen molar-refractivity contribution in [2.24, 2.45) is 5.92 Å². The molecule has 2 aliphatic rings. The number of ether oxygens (including phenoxy) is 3. The van der Waals surface area contributed by atoms with Gasteiger partial charge in [0.25, 0.3) is 0 Å². The highest BCUT2D eigenvalue weighted by molar-refractivity contribution is 5.93. The number of hydrogen-bond donors (Lipinski definition) is 2. The molecule has 2 rings (SSSR count). The van der Waals surface area contributed by atoms with E-state index in [1.54, 1.807) is 26.8 Å². The lowest BCUT2D eigenvalue weighted by Gasteiger charge is -2.28. The van der Waals surface area contributed by atoms with Gasteiger partial charge in [0, 0.05) is 12.0 Å². The van der Waals surface area contributed by atoms with Gasteiger partial charge in [0.05, 0.1) is 29.8 Å². The van der Waals surface area contributed by atoms with Gasteiger partial charge in [-0.05, 0) is 45.8 Å². The quantitative estimate of drug-likeness (QED) is 0.269. The van der Waals surface area contributed by atoms with Gasteiger partial charge in [0.1, 0.15) is 18.8 Å². The maximum atomic E-state index is 12.9. The molecule has 0 amide bonds. The molecule has 0 aromatic carbocycles. The van der Waals surface area contributed by atoms with Crippen LogP contribution in [0.25, 0.3) is 0 Å². The zero-order valence-corrected chi connectivity index (χ0v) is 19.5. The molecule has 8 nitrogen and oxygen atoms in total. The van der Waals surface area contributed by atoms with Crippen molar-refractivity contribution in [1.82, 2.24) is 0 Å². The van der Waals surface area contributed by atoms with Gasteiger partial charge in [-0.1, -0.05) is 30.4 Å². The Morgan fingerprint density at radius 2 is 1.88 bits per heavy atom. The Morgan fingerprint density at radius 3 is 2.48 bits per heavy atom. The highest BCUT2D eigenvalue weighted by Crippen LogP contribution is 2.36. The number of carbonyl (C=O) groups is 3. The fraction of sp³-hybridized carbons (Fsp3) is 0.480. The minimum atomic E-state index is -0.758. The van der Waals surface area contributed by atoms with Crippen LogP contribution in [0.15, 0.2) is 58.7 Å². The van der Waals surface area contributed by atoms with Crippen LogP contribution < -0.4 is 0 Å². The summed E-state index contributed by atoms with van der Waals surface area (Å²) in [5, 5.41) is 19.5. The zero-order valence-electron chi connectivity index (χ0n) is 19.5. The Bertz CT molecular complexity index is 921. The standard InChI is InChI=1S/C25H32O8/c1-6-17(12-26)24(29)31-13-18(7-2)25(30)33-20-10-14(3)8-9-19(27)15(4)11-21-22(20)16(5)23(28)32-21/h6-8,11,19-22,26-27H,5,9-10,12-13H2,1-4H3/b14-8+,15-11-,17-6+,18-7+/t19-,20+,21-,22+/m0/s1. The molecule has 180 valence electrons. The summed E-state index contributed by atoms with van der Waals surface area (Å²) in [7, 11) is 0. The van der Waals surface area contributed by atoms with Gasteiger partial charge in [0.2, 0.25) is 0 Å². The SMILES string of the molecule is C=C1C(=O)O[C@H]2/C=C(/C)[C@@H](O)C/C=C(\C)C[C@@H](OC(=O)/C(=C/C)COC(=O)/C(=C/C)CO)[C@@H]12. The van der Waals surface area contributed by atoms with Gasteiger partial charge in [-0.3, -0.25) is 0 Å². The average Bonchev–Trinajstić information content (AvgIpc) is 3.05. The molecule has 1 heterocycles. The molecular weight excluding hydrogens is 428 g/mol. The Hall–Kier alpha value is -2.97. The molecule has 1 aliphatic carbocycles. The lowest BCUT2D eigenvalue weighted by molar-refractivity contribution is -0.148. The molecule has 0 bridgehead atoms. The van der Waals surface area contributed by atoms with E-state index in [-0.39, 0.29) is 23.3 Å². The summed E-state index contributed by atoms with van der Waals surface area (Å²) in [5.74, 6) is -2.63. The minimum absolute atomic E-state index is 0.0806. The third-order valence-corrected chi connectivity index (χ3v) is 5.84. The molecule has 33 heavy (non-hydrogen) atoms. The van der Waals surface area contributed by atoms with Crippen molar-refractivity contribution in [3.8, 4) is 0 Å². The van der Waals surface area contributed by atoms with Crippen LogP contribution in [0.4, 0.5) is 0 Å². The lowest BCUT2D eigenvalue weighted by atomic mass is 9.85. The van der Waals surface area contributed by atoms with E-state index in [2.05, 4.69) is 6.58 Å². The summed E-state index contributed by atoms with van der Waals surface area (Å²) in [4.78, 5) is 37.2. The summed E-state index contributed by atoms with van der Waals surface area (Å²) in [6.45, 7) is 9.86. The second-order valence-electron chi connectivity index (χ2n) is 8.14. The monoisotopic (exact) mass is 460 g/mol. The first kappa shape index (κ1) is 26.3. The number of fused-ring (bicyclic) bond motifs is 1. The predicted octanol–water partition coefficient (Wildman–Crippen LogP) is 2.47. The Labute approximate surface area is 193 Å². The molecule has 1 aliphatic heterocycles. The molecule has 1 saturated heterocycles. The fourth-order valence-corrected chi connectivity index (χ4v) is 3.68. The second kappa shape index (κ2) is 11.8. The van der Waals surface area contributed by atoms with E-state index in [0.717, 1.165) is 5.57 Å². The third-order valence-electron chi connectivity index (χ3n) is 5.84. The van der Waals surface area contributed by atoms with E-state index < -0.39 is 48.7 Å². The average molecular weight is 461 g/mol. The summed E-state index contributed by atoms with van der Waals surface area (Å²) < 4.78 is 16.4. The Morgan fingerprint density at radius 1 is 1.21 bits per heavy atom. The van der Waals surface area contributed by atoms with Crippen LogP contribution >= 0.6 is 0 Å². The van der Waals surface area contributed by atoms with Gasteiger partial charge >= 0.3 is 17.9 Å². The molecule has 0 aromatic heterocycles. The van der Waals surface area contributed by atoms with E-state index in [0.29, 0.717) is 18.4 Å². The predicted molar refractivity (Wildman–Crippen MR) is 121 cm³/mol. The minimum Gasteiger partial charge on any atom is -0.458 e. The van der Waals surface area contributed by atoms with E-state index in [1.165, 1.54) is 12.2 Å². The maximum absolute atomic E-state index is 12.9. The molecule has 0 saturated carbocycles. The summed E-state index contributed by atoms with van der Waals surface area (Å²) in [6.07, 6.45) is 4.96. The van der Waals surface area contributed by atoms with Gasteiger partial charge in [-0.15, -0.1) is 0 Å². The van der Waals surface area contributed by atoms with E-state index >= 15 is 0 Å². The molecule has 0 spiro atoms. The first-order valence-corrected chi connectivity index (χ1v) is 10.8. The second-order valence-corrected chi connectivity index (χ2v) is 8.14. The van der Waals surface area contributed by atoms with Crippen LogP contribution in [0.2, 0.25) is 0 Å². The molecule has 0 unspecified atom stereocenters. The Balaban J connectivity index is 2.26. The maximum Gasteiger partial charge on any atom is 0.337 e. The number of allylic oxidation sites excluding steroid dienone is 2. The van der Waals surface area contributed by atoms with E-state index in [1.807, 2.05) is 13.0 Å². The third kappa shape index (κ3) is 6.52. The molecular formula is C25H32O8. The number of rotatable bonds is 6. The number of carbonyl (C=O) groups excluding carboxylic acids is 3. The van der Waals surface area contributed by atoms with Crippen molar-refractivity contribution in [3.05, 3.63) is 58.7 Å². The van der Waals surface area contributed by atoms with Crippen molar-refractivity contribution in [3.63, 3.8) is 0 Å². The van der Waals surface area contributed by atoms with Crippen LogP contribution in [0, 0.1) is 5.92 Å². The number of hydrogen-bond acceptors (Lipinski definition) is 8. The normalized spacial score (nSPS) is 29.8. The van der Waals surface area contributed by atoms with Gasteiger partial charge < -0.3 is 24.4 Å². The summed E-state index contributed by atoms with van der Waals surface area (Å²) in [5.41, 5.74) is 1.91. The van der Waals surface area contributed by atoms with Crippen molar-refractivity contribution in [1.29, 1.82) is 0 Å². The van der Waals surface area contributed by atoms with Gasteiger partial charge in [-0.2, -0.15) is 0 Å². The van der Waals surface area contributed by atoms with Crippen LogP contribution in [0.3, 0.4) is 0 Å². The molecule has 0 radical (unpaired) electrons. The highest BCUT2D eigenvalue weighted by Gasteiger charge is 2.44. The van der Waals surface area contributed by atoms with E-state index in [4.69, 9.17) is 14.2 Å². The van der Waals surface area contributed by atoms with Gasteiger partial charge in [-0.25, -0.2) is 14.4 Å². The lowest BCUT2D eigenvalue weighted by Crippen LogP contribution is -2.34. The molecule has 8 heteroatoms. The van der Waals surface area contributed by atoms with Crippen LogP contribution in [0.5, 0.6) is 0 Å². The van der Waals surface area contributed by atoms with Crippen molar-refractivity contribution in [2.75, 3.05) is 13.2 Å². The summed E-state index contributed by atoms with van der Waals surface area (Å²) in [6, 6.07) is 0. The van der Waals surface area contributed by atoms with Crippen molar-refractivity contribution < 1.29 is 38.8 Å².